The normalized spacial score (nSPS) is 12.5. The minimum atomic E-state index is -0.374. The third-order valence-corrected chi connectivity index (χ3v) is 5.67. The van der Waals surface area contributed by atoms with E-state index in [1.54, 1.807) is 54.6 Å². The van der Waals surface area contributed by atoms with Crippen molar-refractivity contribution < 1.29 is 23.4 Å². The molecule has 0 unspecified atom stereocenters. The van der Waals surface area contributed by atoms with E-state index in [4.69, 9.17) is 30.2 Å². The number of ketones is 1. The Balaban J connectivity index is 1.53. The average molecular weight is 463 g/mol. The van der Waals surface area contributed by atoms with Crippen molar-refractivity contribution in [2.45, 2.75) is 6.92 Å². The fourth-order valence-electron chi connectivity index (χ4n) is 3.67. The van der Waals surface area contributed by atoms with Crippen molar-refractivity contribution in [3.63, 3.8) is 0 Å². The number of hydrogen-bond donors (Lipinski definition) is 0. The van der Waals surface area contributed by atoms with Gasteiger partial charge in [0.1, 0.15) is 18.8 Å². The van der Waals surface area contributed by atoms with Crippen LogP contribution in [-0.2, 0) is 0 Å². The van der Waals surface area contributed by atoms with Gasteiger partial charge in [-0.15, -0.1) is 0 Å². The number of halogens is 1. The van der Waals surface area contributed by atoms with Gasteiger partial charge < -0.3 is 18.6 Å². The zero-order chi connectivity index (χ0) is 22.9. The first-order valence-corrected chi connectivity index (χ1v) is 10.8. The van der Waals surface area contributed by atoms with Crippen molar-refractivity contribution in [1.82, 2.24) is 0 Å². The van der Waals surface area contributed by atoms with Gasteiger partial charge in [-0.3, -0.25) is 9.59 Å². The largest absolute Gasteiger partial charge is 0.486 e. The molecule has 0 aliphatic carbocycles. The van der Waals surface area contributed by atoms with Gasteiger partial charge in [-0.25, -0.2) is 0 Å². The summed E-state index contributed by atoms with van der Waals surface area (Å²) < 4.78 is 22.9. The van der Waals surface area contributed by atoms with E-state index in [0.29, 0.717) is 51.8 Å². The zero-order valence-corrected chi connectivity index (χ0v) is 18.5. The summed E-state index contributed by atoms with van der Waals surface area (Å²) in [7, 11) is 0. The Hall–Kier alpha value is -3.77. The van der Waals surface area contributed by atoms with Gasteiger partial charge in [-0.1, -0.05) is 29.8 Å². The number of carbonyl (C=O) groups is 1. The molecule has 0 saturated carbocycles. The summed E-state index contributed by atoms with van der Waals surface area (Å²) >= 11 is 6.38. The van der Waals surface area contributed by atoms with E-state index < -0.39 is 0 Å². The second-order valence-electron chi connectivity index (χ2n) is 7.64. The fourth-order valence-corrected chi connectivity index (χ4v) is 3.90. The topological polar surface area (TPSA) is 75.0 Å². The molecule has 1 aromatic heterocycles. The number of Topliss-reactive ketones (excluding diaryl/α,β-unsaturated/α-hetero) is 1. The highest BCUT2D eigenvalue weighted by molar-refractivity contribution is 6.33. The Morgan fingerprint density at radius 3 is 2.61 bits per heavy atom. The minimum absolute atomic E-state index is 0.0645. The molecule has 166 valence electrons. The van der Waals surface area contributed by atoms with Gasteiger partial charge in [0.25, 0.3) is 0 Å². The molecule has 3 aromatic carbocycles. The van der Waals surface area contributed by atoms with Crippen LogP contribution in [0, 0.1) is 6.92 Å². The van der Waals surface area contributed by atoms with Gasteiger partial charge in [0.2, 0.25) is 11.2 Å². The molecule has 0 amide bonds. The van der Waals surface area contributed by atoms with Crippen molar-refractivity contribution in [3.8, 4) is 28.6 Å². The quantitative estimate of drug-likeness (QED) is 0.367. The first-order chi connectivity index (χ1) is 16.0. The lowest BCUT2D eigenvalue weighted by Gasteiger charge is -2.18. The number of benzene rings is 3. The maximum absolute atomic E-state index is 13.3. The molecule has 1 aliphatic heterocycles. The van der Waals surface area contributed by atoms with Gasteiger partial charge in [0, 0.05) is 11.1 Å². The fraction of sp³-hybridized carbons (Fsp3) is 0.154. The molecule has 0 bridgehead atoms. The van der Waals surface area contributed by atoms with E-state index in [9.17, 15) is 9.59 Å². The molecule has 4 aromatic rings. The SMILES string of the molecule is Cc1ccc2c(=O)c(OCC(=O)c3ccc4c(c3)OCCO4)c(-c3ccccc3Cl)oc2c1. The van der Waals surface area contributed by atoms with Gasteiger partial charge in [-0.2, -0.15) is 0 Å². The molecule has 2 heterocycles. The van der Waals surface area contributed by atoms with Crippen molar-refractivity contribution in [2.75, 3.05) is 19.8 Å². The number of hydrogen-bond acceptors (Lipinski definition) is 6. The molecule has 1 aliphatic rings. The summed E-state index contributed by atoms with van der Waals surface area (Å²) in [4.78, 5) is 26.2. The maximum Gasteiger partial charge on any atom is 0.235 e. The highest BCUT2D eigenvalue weighted by Crippen LogP contribution is 2.36. The lowest BCUT2D eigenvalue weighted by atomic mass is 10.1. The van der Waals surface area contributed by atoms with Crippen LogP contribution in [0.15, 0.2) is 69.9 Å². The van der Waals surface area contributed by atoms with E-state index in [-0.39, 0.29) is 29.3 Å². The maximum atomic E-state index is 13.3. The molecule has 6 nitrogen and oxygen atoms in total. The summed E-state index contributed by atoms with van der Waals surface area (Å²) in [6.45, 7) is 2.43. The number of carbonyl (C=O) groups excluding carboxylic acids is 1. The Morgan fingerprint density at radius 2 is 1.79 bits per heavy atom. The molecule has 0 radical (unpaired) electrons. The van der Waals surface area contributed by atoms with Crippen LogP contribution in [0.3, 0.4) is 0 Å². The Labute approximate surface area is 194 Å². The van der Waals surface area contributed by atoms with E-state index in [0.717, 1.165) is 5.56 Å². The lowest BCUT2D eigenvalue weighted by molar-refractivity contribution is 0.0919. The molecular weight excluding hydrogens is 444 g/mol. The Bertz CT molecular complexity index is 1440. The third-order valence-electron chi connectivity index (χ3n) is 5.34. The molecular formula is C26H19ClO6. The molecule has 0 fully saturated rings. The Kier molecular flexibility index (Phi) is 5.52. The van der Waals surface area contributed by atoms with Crippen LogP contribution in [0.1, 0.15) is 15.9 Å². The number of rotatable bonds is 5. The standard InChI is InChI=1S/C26H19ClO6/c1-15-6-8-18-22(12-15)33-25(17-4-2-3-5-19(17)27)26(24(18)29)32-14-20(28)16-7-9-21-23(13-16)31-11-10-30-21/h2-9,12-13H,10-11,14H2,1H3. The summed E-state index contributed by atoms with van der Waals surface area (Å²) in [6, 6.07) is 17.2. The van der Waals surface area contributed by atoms with Crippen molar-refractivity contribution >= 4 is 28.4 Å². The minimum Gasteiger partial charge on any atom is -0.486 e. The third kappa shape index (κ3) is 4.05. The molecule has 0 spiro atoms. The number of fused-ring (bicyclic) bond motifs is 2. The molecule has 0 N–H and O–H groups in total. The predicted octanol–water partition coefficient (Wildman–Crippen LogP) is 5.45. The average Bonchev–Trinajstić information content (AvgIpc) is 2.83. The Morgan fingerprint density at radius 1 is 1.00 bits per heavy atom. The molecule has 7 heteroatoms. The zero-order valence-electron chi connectivity index (χ0n) is 17.7. The molecule has 5 rings (SSSR count). The molecule has 0 saturated heterocycles. The molecule has 0 atom stereocenters. The number of ether oxygens (including phenoxy) is 3. The second-order valence-corrected chi connectivity index (χ2v) is 8.05. The summed E-state index contributed by atoms with van der Waals surface area (Å²) in [5.74, 6) is 0.888. The van der Waals surface area contributed by atoms with Gasteiger partial charge in [0.05, 0.1) is 10.4 Å². The van der Waals surface area contributed by atoms with Gasteiger partial charge in [-0.05, 0) is 55.0 Å². The summed E-state index contributed by atoms with van der Waals surface area (Å²) in [5, 5.41) is 0.758. The van der Waals surface area contributed by atoms with Crippen LogP contribution in [0.2, 0.25) is 5.02 Å². The van der Waals surface area contributed by atoms with Crippen LogP contribution in [0.4, 0.5) is 0 Å². The first kappa shape index (κ1) is 21.1. The predicted molar refractivity (Wildman–Crippen MR) is 125 cm³/mol. The smallest absolute Gasteiger partial charge is 0.235 e. The monoisotopic (exact) mass is 462 g/mol. The van der Waals surface area contributed by atoms with Crippen molar-refractivity contribution in [1.29, 1.82) is 0 Å². The number of aryl methyl sites for hydroxylation is 1. The van der Waals surface area contributed by atoms with Crippen LogP contribution >= 0.6 is 11.6 Å². The van der Waals surface area contributed by atoms with Crippen LogP contribution in [-0.4, -0.2) is 25.6 Å². The second kappa shape index (κ2) is 8.64. The van der Waals surface area contributed by atoms with Crippen molar-refractivity contribution in [3.05, 3.63) is 87.0 Å². The highest BCUT2D eigenvalue weighted by atomic mass is 35.5. The van der Waals surface area contributed by atoms with E-state index in [1.165, 1.54) is 0 Å². The van der Waals surface area contributed by atoms with E-state index in [2.05, 4.69) is 0 Å². The first-order valence-electron chi connectivity index (χ1n) is 10.4. The van der Waals surface area contributed by atoms with Crippen LogP contribution in [0.25, 0.3) is 22.3 Å². The summed E-state index contributed by atoms with van der Waals surface area (Å²) in [5.41, 5.74) is 1.88. The lowest BCUT2D eigenvalue weighted by Crippen LogP contribution is -2.18. The highest BCUT2D eigenvalue weighted by Gasteiger charge is 2.22. The van der Waals surface area contributed by atoms with Gasteiger partial charge >= 0.3 is 0 Å². The van der Waals surface area contributed by atoms with E-state index >= 15 is 0 Å². The molecule has 33 heavy (non-hydrogen) atoms. The summed E-state index contributed by atoms with van der Waals surface area (Å²) in [6.07, 6.45) is 0. The van der Waals surface area contributed by atoms with E-state index in [1.807, 2.05) is 13.0 Å². The van der Waals surface area contributed by atoms with Crippen LogP contribution < -0.4 is 19.6 Å². The van der Waals surface area contributed by atoms with Crippen molar-refractivity contribution in [2.24, 2.45) is 0 Å². The van der Waals surface area contributed by atoms with Crippen LogP contribution in [0.5, 0.6) is 17.2 Å². The van der Waals surface area contributed by atoms with Gasteiger partial charge in [0.15, 0.2) is 29.6 Å².